The van der Waals surface area contributed by atoms with Crippen molar-refractivity contribution in [3.05, 3.63) is 66.2 Å². The Balaban J connectivity index is 2.08. The summed E-state index contributed by atoms with van der Waals surface area (Å²) in [6.45, 7) is 0. The number of nitrogen functional groups attached to an aromatic ring is 1. The Labute approximate surface area is 117 Å². The zero-order chi connectivity index (χ0) is 13.9. The average molecular weight is 259 g/mol. The van der Waals surface area contributed by atoms with Gasteiger partial charge in [0.05, 0.1) is 23.0 Å². The summed E-state index contributed by atoms with van der Waals surface area (Å²) < 4.78 is 0. The molecule has 3 heteroatoms. The number of nitrogens with one attached hydrogen (secondary N) is 1. The summed E-state index contributed by atoms with van der Waals surface area (Å²) in [5, 5.41) is 14.6. The van der Waals surface area contributed by atoms with Crippen molar-refractivity contribution in [2.75, 3.05) is 11.1 Å². The van der Waals surface area contributed by atoms with Gasteiger partial charge in [0, 0.05) is 11.1 Å². The first-order chi connectivity index (χ1) is 9.78. The van der Waals surface area contributed by atoms with E-state index in [-0.39, 0.29) is 0 Å². The lowest BCUT2D eigenvalue weighted by Gasteiger charge is -2.12. The summed E-state index contributed by atoms with van der Waals surface area (Å²) >= 11 is 0. The molecule has 0 saturated carbocycles. The van der Waals surface area contributed by atoms with Gasteiger partial charge in [0.15, 0.2) is 0 Å². The molecule has 0 heterocycles. The predicted octanol–water partition coefficient (Wildman–Crippen LogP) is 4.04. The maximum atomic E-state index is 8.97. The van der Waals surface area contributed by atoms with E-state index in [0.29, 0.717) is 11.3 Å². The quantitative estimate of drug-likeness (QED) is 0.683. The second-order valence-electron chi connectivity index (χ2n) is 4.57. The van der Waals surface area contributed by atoms with E-state index in [1.165, 1.54) is 0 Å². The predicted molar refractivity (Wildman–Crippen MR) is 82.8 cm³/mol. The molecule has 3 rings (SSSR count). The van der Waals surface area contributed by atoms with E-state index >= 15 is 0 Å². The van der Waals surface area contributed by atoms with Crippen LogP contribution in [0.3, 0.4) is 0 Å². The largest absolute Gasteiger partial charge is 0.397 e. The molecule has 0 amide bonds. The van der Waals surface area contributed by atoms with Gasteiger partial charge in [0.2, 0.25) is 0 Å². The number of fused-ring (bicyclic) bond motifs is 1. The molecule has 0 aliphatic carbocycles. The average Bonchev–Trinajstić information content (AvgIpc) is 2.50. The smallest absolute Gasteiger partial charge is 0.0992 e. The van der Waals surface area contributed by atoms with Crippen LogP contribution >= 0.6 is 0 Å². The van der Waals surface area contributed by atoms with Crippen LogP contribution in [0.1, 0.15) is 5.56 Å². The summed E-state index contributed by atoms with van der Waals surface area (Å²) in [5.41, 5.74) is 8.90. The fraction of sp³-hybridized carbons (Fsp3) is 0. The van der Waals surface area contributed by atoms with Gasteiger partial charge in [-0.25, -0.2) is 0 Å². The maximum absolute atomic E-state index is 8.97. The highest BCUT2D eigenvalue weighted by atomic mass is 14.9. The third kappa shape index (κ3) is 2.15. The van der Waals surface area contributed by atoms with E-state index in [2.05, 4.69) is 29.6 Å². The molecule has 0 fully saturated rings. The highest BCUT2D eigenvalue weighted by molar-refractivity contribution is 5.96. The minimum absolute atomic E-state index is 0.585. The van der Waals surface area contributed by atoms with E-state index in [4.69, 9.17) is 11.0 Å². The summed E-state index contributed by atoms with van der Waals surface area (Å²) in [6.07, 6.45) is 0. The van der Waals surface area contributed by atoms with Gasteiger partial charge in [-0.15, -0.1) is 0 Å². The first-order valence-electron chi connectivity index (χ1n) is 6.32. The molecular formula is C17H13N3. The molecule has 96 valence electrons. The minimum Gasteiger partial charge on any atom is -0.397 e. The molecule has 0 atom stereocenters. The lowest BCUT2D eigenvalue weighted by atomic mass is 10.1. The fourth-order valence-corrected chi connectivity index (χ4v) is 2.21. The number of anilines is 3. The number of rotatable bonds is 2. The van der Waals surface area contributed by atoms with Gasteiger partial charge in [-0.3, -0.25) is 0 Å². The number of hydrogen-bond acceptors (Lipinski definition) is 3. The van der Waals surface area contributed by atoms with Gasteiger partial charge in [0.25, 0.3) is 0 Å². The Morgan fingerprint density at radius 3 is 2.55 bits per heavy atom. The summed E-state index contributed by atoms with van der Waals surface area (Å²) in [6, 6.07) is 21.5. The standard InChI is InChI=1S/C17H13N3/c18-11-12-8-9-15(19)17(10-12)20-16-7-3-5-13-4-1-2-6-14(13)16/h1-10,20H,19H2. The van der Waals surface area contributed by atoms with Crippen molar-refractivity contribution >= 4 is 27.8 Å². The number of benzene rings is 3. The molecule has 0 saturated heterocycles. The van der Waals surface area contributed by atoms with Crippen LogP contribution in [-0.4, -0.2) is 0 Å². The van der Waals surface area contributed by atoms with Gasteiger partial charge in [-0.05, 0) is 29.7 Å². The fourth-order valence-electron chi connectivity index (χ4n) is 2.21. The van der Waals surface area contributed by atoms with Crippen molar-refractivity contribution in [2.24, 2.45) is 0 Å². The SMILES string of the molecule is N#Cc1ccc(N)c(Nc2cccc3ccccc23)c1. The normalized spacial score (nSPS) is 10.2. The first kappa shape index (κ1) is 12.1. The molecule has 3 nitrogen and oxygen atoms in total. The molecule has 0 bridgehead atoms. The molecule has 0 radical (unpaired) electrons. The van der Waals surface area contributed by atoms with Gasteiger partial charge in [0.1, 0.15) is 0 Å². The molecule has 0 aliphatic rings. The van der Waals surface area contributed by atoms with Crippen molar-refractivity contribution in [1.29, 1.82) is 5.26 Å². The molecule has 3 aromatic carbocycles. The third-order valence-electron chi connectivity index (χ3n) is 3.24. The highest BCUT2D eigenvalue weighted by Gasteiger charge is 2.04. The molecule has 0 aliphatic heterocycles. The lowest BCUT2D eigenvalue weighted by molar-refractivity contribution is 1.47. The van der Waals surface area contributed by atoms with Crippen molar-refractivity contribution in [3.63, 3.8) is 0 Å². The summed E-state index contributed by atoms with van der Waals surface area (Å²) in [4.78, 5) is 0. The Hall–Kier alpha value is -2.99. The Bertz CT molecular complexity index is 811. The van der Waals surface area contributed by atoms with E-state index in [0.717, 1.165) is 22.1 Å². The van der Waals surface area contributed by atoms with Crippen LogP contribution in [0.2, 0.25) is 0 Å². The Morgan fingerprint density at radius 1 is 0.900 bits per heavy atom. The van der Waals surface area contributed by atoms with Crippen LogP contribution in [0.5, 0.6) is 0 Å². The summed E-state index contributed by atoms with van der Waals surface area (Å²) in [5.74, 6) is 0. The van der Waals surface area contributed by atoms with Gasteiger partial charge in [-0.1, -0.05) is 36.4 Å². The zero-order valence-corrected chi connectivity index (χ0v) is 10.8. The van der Waals surface area contributed by atoms with E-state index < -0.39 is 0 Å². The van der Waals surface area contributed by atoms with Crippen molar-refractivity contribution in [2.45, 2.75) is 0 Å². The van der Waals surface area contributed by atoms with Crippen LogP contribution < -0.4 is 11.1 Å². The Kier molecular flexibility index (Phi) is 2.98. The highest BCUT2D eigenvalue weighted by Crippen LogP contribution is 2.29. The second kappa shape index (κ2) is 4.94. The molecular weight excluding hydrogens is 246 g/mol. The zero-order valence-electron chi connectivity index (χ0n) is 10.8. The third-order valence-corrected chi connectivity index (χ3v) is 3.24. The summed E-state index contributed by atoms with van der Waals surface area (Å²) in [7, 11) is 0. The molecule has 3 N–H and O–H groups in total. The van der Waals surface area contributed by atoms with Gasteiger partial charge in [-0.2, -0.15) is 5.26 Å². The molecule has 0 aromatic heterocycles. The van der Waals surface area contributed by atoms with Crippen LogP contribution in [0, 0.1) is 11.3 Å². The van der Waals surface area contributed by atoms with Crippen molar-refractivity contribution in [3.8, 4) is 6.07 Å². The van der Waals surface area contributed by atoms with E-state index in [1.54, 1.807) is 18.2 Å². The number of nitrogens with two attached hydrogens (primary N) is 1. The molecule has 0 spiro atoms. The number of nitriles is 1. The second-order valence-corrected chi connectivity index (χ2v) is 4.57. The van der Waals surface area contributed by atoms with Crippen molar-refractivity contribution in [1.82, 2.24) is 0 Å². The maximum Gasteiger partial charge on any atom is 0.0992 e. The first-order valence-corrected chi connectivity index (χ1v) is 6.32. The molecule has 3 aromatic rings. The molecule has 20 heavy (non-hydrogen) atoms. The van der Waals surface area contributed by atoms with Crippen LogP contribution in [0.25, 0.3) is 10.8 Å². The monoisotopic (exact) mass is 259 g/mol. The topological polar surface area (TPSA) is 61.8 Å². The van der Waals surface area contributed by atoms with Gasteiger partial charge < -0.3 is 11.1 Å². The minimum atomic E-state index is 0.585. The number of nitrogens with zero attached hydrogens (tertiary/aromatic N) is 1. The van der Waals surface area contributed by atoms with E-state index in [1.807, 2.05) is 24.3 Å². The molecule has 0 unspecified atom stereocenters. The van der Waals surface area contributed by atoms with Crippen LogP contribution in [0.4, 0.5) is 17.1 Å². The number of hydrogen-bond donors (Lipinski definition) is 2. The van der Waals surface area contributed by atoms with E-state index in [9.17, 15) is 0 Å². The van der Waals surface area contributed by atoms with Crippen molar-refractivity contribution < 1.29 is 0 Å². The van der Waals surface area contributed by atoms with Gasteiger partial charge >= 0.3 is 0 Å². The van der Waals surface area contributed by atoms with Crippen LogP contribution in [0.15, 0.2) is 60.7 Å². The lowest BCUT2D eigenvalue weighted by Crippen LogP contribution is -1.97. The Morgan fingerprint density at radius 2 is 1.70 bits per heavy atom. The van der Waals surface area contributed by atoms with Crippen LogP contribution in [-0.2, 0) is 0 Å².